The highest BCUT2D eigenvalue weighted by Crippen LogP contribution is 2.35. The molecule has 0 spiro atoms. The van der Waals surface area contributed by atoms with Crippen molar-refractivity contribution in [3.63, 3.8) is 0 Å². The maximum Gasteiger partial charge on any atom is 0.291 e. The van der Waals surface area contributed by atoms with E-state index in [9.17, 15) is 9.59 Å². The largest absolute Gasteiger partial charge is 0.482 e. The Balaban J connectivity index is 1.65. The third-order valence-electron chi connectivity index (χ3n) is 4.77. The molecule has 4 rings (SSSR count). The van der Waals surface area contributed by atoms with Gasteiger partial charge in [0, 0.05) is 23.2 Å². The molecular formula is C22H20N2O4. The lowest BCUT2D eigenvalue weighted by Crippen LogP contribution is -2.38. The summed E-state index contributed by atoms with van der Waals surface area (Å²) in [7, 11) is 0. The molecule has 0 radical (unpaired) electrons. The molecule has 3 aromatic rings. The van der Waals surface area contributed by atoms with E-state index in [1.807, 2.05) is 32.0 Å². The molecule has 0 bridgehead atoms. The third-order valence-corrected chi connectivity index (χ3v) is 4.77. The van der Waals surface area contributed by atoms with Crippen LogP contribution in [0.5, 0.6) is 5.75 Å². The van der Waals surface area contributed by atoms with Gasteiger partial charge in [-0.3, -0.25) is 9.59 Å². The first-order valence-corrected chi connectivity index (χ1v) is 8.97. The van der Waals surface area contributed by atoms with Crippen LogP contribution in [0.2, 0.25) is 0 Å². The van der Waals surface area contributed by atoms with E-state index in [1.54, 1.807) is 29.2 Å². The van der Waals surface area contributed by atoms with E-state index >= 15 is 0 Å². The summed E-state index contributed by atoms with van der Waals surface area (Å²) in [5.41, 5.74) is 3.72. The number of ether oxygens (including phenoxy) is 1. The van der Waals surface area contributed by atoms with Gasteiger partial charge >= 0.3 is 0 Å². The zero-order valence-electron chi connectivity index (χ0n) is 15.7. The van der Waals surface area contributed by atoms with Crippen molar-refractivity contribution in [1.82, 2.24) is 0 Å². The molecular weight excluding hydrogens is 356 g/mol. The Morgan fingerprint density at radius 2 is 2.07 bits per heavy atom. The number of fused-ring (bicyclic) bond motifs is 2. The fourth-order valence-electron chi connectivity index (χ4n) is 3.35. The van der Waals surface area contributed by atoms with Crippen LogP contribution in [0.3, 0.4) is 0 Å². The van der Waals surface area contributed by atoms with Crippen LogP contribution in [0.1, 0.15) is 21.7 Å². The van der Waals surface area contributed by atoms with E-state index in [0.29, 0.717) is 29.3 Å². The molecule has 0 unspecified atom stereocenters. The van der Waals surface area contributed by atoms with Gasteiger partial charge in [-0.25, -0.2) is 0 Å². The number of amides is 2. The van der Waals surface area contributed by atoms with Gasteiger partial charge in [-0.2, -0.15) is 0 Å². The molecule has 6 heteroatoms. The third kappa shape index (κ3) is 3.03. The van der Waals surface area contributed by atoms with Crippen LogP contribution >= 0.6 is 0 Å². The number of anilines is 2. The second-order valence-corrected chi connectivity index (χ2v) is 6.77. The Bertz CT molecular complexity index is 1110. The number of furan rings is 1. The van der Waals surface area contributed by atoms with Crippen molar-refractivity contribution in [2.45, 2.75) is 13.8 Å². The number of aryl methyl sites for hydroxylation is 2. The van der Waals surface area contributed by atoms with E-state index in [-0.39, 0.29) is 24.2 Å². The average Bonchev–Trinajstić information content (AvgIpc) is 3.00. The summed E-state index contributed by atoms with van der Waals surface area (Å²) in [4.78, 5) is 26.5. The normalized spacial score (nSPS) is 13.2. The number of hydrogen-bond donors (Lipinski definition) is 1. The number of hydrogen-bond acceptors (Lipinski definition) is 4. The van der Waals surface area contributed by atoms with Gasteiger partial charge in [-0.15, -0.1) is 6.58 Å². The quantitative estimate of drug-likeness (QED) is 0.692. The highest BCUT2D eigenvalue weighted by Gasteiger charge is 2.25. The lowest BCUT2D eigenvalue weighted by atomic mass is 10.1. The molecule has 1 aromatic heterocycles. The van der Waals surface area contributed by atoms with Gasteiger partial charge in [-0.05, 0) is 44.2 Å². The Labute approximate surface area is 162 Å². The molecule has 0 atom stereocenters. The van der Waals surface area contributed by atoms with E-state index in [4.69, 9.17) is 9.15 Å². The van der Waals surface area contributed by atoms with E-state index in [2.05, 4.69) is 11.9 Å². The number of rotatable bonds is 4. The summed E-state index contributed by atoms with van der Waals surface area (Å²) in [6.07, 6.45) is 1.65. The minimum absolute atomic E-state index is 0.00978. The summed E-state index contributed by atoms with van der Waals surface area (Å²) in [6, 6.07) is 11.0. The zero-order valence-corrected chi connectivity index (χ0v) is 15.7. The second-order valence-electron chi connectivity index (χ2n) is 6.77. The van der Waals surface area contributed by atoms with Crippen molar-refractivity contribution in [3.8, 4) is 5.75 Å². The molecule has 2 amide bonds. The minimum Gasteiger partial charge on any atom is -0.482 e. The predicted molar refractivity (Wildman–Crippen MR) is 108 cm³/mol. The molecule has 0 saturated heterocycles. The summed E-state index contributed by atoms with van der Waals surface area (Å²) >= 11 is 0. The van der Waals surface area contributed by atoms with Crippen LogP contribution in [-0.2, 0) is 4.79 Å². The topological polar surface area (TPSA) is 71.8 Å². The summed E-state index contributed by atoms with van der Waals surface area (Å²) in [5, 5.41) is 3.77. The summed E-state index contributed by atoms with van der Waals surface area (Å²) in [6.45, 7) is 7.92. The SMILES string of the molecule is C=CCN1C(=O)COc2ccc(NC(=O)c3oc4ccc(C)cc4c3C)cc21. The van der Waals surface area contributed by atoms with Crippen LogP contribution in [0.15, 0.2) is 53.5 Å². The highest BCUT2D eigenvalue weighted by atomic mass is 16.5. The molecule has 1 aliphatic heterocycles. The standard InChI is InChI=1S/C22H20N2O4/c1-4-9-24-17-11-15(6-8-19(17)27-12-20(24)25)23-22(26)21-14(3)16-10-13(2)5-7-18(16)28-21/h4-8,10-11H,1,9,12H2,2-3H3,(H,23,26). The van der Waals surface area contributed by atoms with Gasteiger partial charge in [0.25, 0.3) is 11.8 Å². The highest BCUT2D eigenvalue weighted by molar-refractivity contribution is 6.07. The number of nitrogens with one attached hydrogen (secondary N) is 1. The lowest BCUT2D eigenvalue weighted by Gasteiger charge is -2.28. The average molecular weight is 376 g/mol. The molecule has 28 heavy (non-hydrogen) atoms. The van der Waals surface area contributed by atoms with Crippen molar-refractivity contribution in [2.75, 3.05) is 23.4 Å². The maximum atomic E-state index is 12.8. The van der Waals surface area contributed by atoms with Gasteiger partial charge in [0.15, 0.2) is 12.4 Å². The smallest absolute Gasteiger partial charge is 0.291 e. The van der Waals surface area contributed by atoms with Crippen LogP contribution in [0.25, 0.3) is 11.0 Å². The van der Waals surface area contributed by atoms with Gasteiger partial charge in [-0.1, -0.05) is 17.7 Å². The van der Waals surface area contributed by atoms with Crippen LogP contribution < -0.4 is 15.0 Å². The molecule has 2 heterocycles. The number of nitrogens with zero attached hydrogens (tertiary/aromatic N) is 1. The minimum atomic E-state index is -0.343. The van der Waals surface area contributed by atoms with E-state index in [1.165, 1.54) is 0 Å². The van der Waals surface area contributed by atoms with Crippen molar-refractivity contribution < 1.29 is 18.7 Å². The lowest BCUT2D eigenvalue weighted by molar-refractivity contribution is -0.121. The maximum absolute atomic E-state index is 12.8. The second kappa shape index (κ2) is 6.88. The molecule has 142 valence electrons. The molecule has 0 saturated carbocycles. The van der Waals surface area contributed by atoms with Gasteiger partial charge in [0.2, 0.25) is 0 Å². The van der Waals surface area contributed by atoms with Crippen molar-refractivity contribution >= 4 is 34.2 Å². The Hall–Kier alpha value is -3.54. The summed E-state index contributed by atoms with van der Waals surface area (Å²) < 4.78 is 11.2. The van der Waals surface area contributed by atoms with Crippen LogP contribution in [0.4, 0.5) is 11.4 Å². The molecule has 1 aliphatic rings. The van der Waals surface area contributed by atoms with Gasteiger partial charge in [0.1, 0.15) is 11.3 Å². The first-order valence-electron chi connectivity index (χ1n) is 8.97. The number of benzene rings is 2. The zero-order chi connectivity index (χ0) is 19.8. The van der Waals surface area contributed by atoms with E-state index < -0.39 is 0 Å². The van der Waals surface area contributed by atoms with Crippen molar-refractivity contribution in [2.24, 2.45) is 0 Å². The van der Waals surface area contributed by atoms with Gasteiger partial charge < -0.3 is 19.4 Å². The van der Waals surface area contributed by atoms with Gasteiger partial charge in [0.05, 0.1) is 5.69 Å². The molecule has 1 N–H and O–H groups in total. The summed E-state index contributed by atoms with van der Waals surface area (Å²) in [5.74, 6) is 0.368. The molecule has 0 fully saturated rings. The monoisotopic (exact) mass is 376 g/mol. The number of carbonyl (C=O) groups is 2. The van der Waals surface area contributed by atoms with Crippen LogP contribution in [-0.4, -0.2) is 25.0 Å². The first-order chi connectivity index (χ1) is 13.5. The Morgan fingerprint density at radius 3 is 2.86 bits per heavy atom. The fourth-order valence-corrected chi connectivity index (χ4v) is 3.35. The fraction of sp³-hybridized carbons (Fsp3) is 0.182. The Morgan fingerprint density at radius 1 is 1.25 bits per heavy atom. The number of carbonyl (C=O) groups excluding carboxylic acids is 2. The predicted octanol–water partition coefficient (Wildman–Crippen LogP) is 4.21. The molecule has 0 aliphatic carbocycles. The van der Waals surface area contributed by atoms with Crippen molar-refractivity contribution in [3.05, 3.63) is 65.9 Å². The first kappa shape index (κ1) is 17.9. The Kier molecular flexibility index (Phi) is 4.39. The van der Waals surface area contributed by atoms with Crippen LogP contribution in [0, 0.1) is 13.8 Å². The molecule has 2 aromatic carbocycles. The molecule has 6 nitrogen and oxygen atoms in total. The van der Waals surface area contributed by atoms with E-state index in [0.717, 1.165) is 16.5 Å². The van der Waals surface area contributed by atoms with Crippen molar-refractivity contribution in [1.29, 1.82) is 0 Å².